The fraction of sp³-hybridized carbons (Fsp3) is 0.500. The van der Waals surface area contributed by atoms with Crippen molar-refractivity contribution in [3.8, 4) is 0 Å². The summed E-state index contributed by atoms with van der Waals surface area (Å²) < 4.78 is 0. The van der Waals surface area contributed by atoms with Crippen LogP contribution >= 0.6 is 0 Å². The standard InChI is InChI=1S/C2H6N.Ti/c1-2-3;/h1-3H2;. The van der Waals surface area contributed by atoms with E-state index in [4.69, 9.17) is 5.73 Å². The van der Waals surface area contributed by atoms with E-state index in [1.54, 1.807) is 0 Å². The Morgan fingerprint density at radius 3 is 1.75 bits per heavy atom. The van der Waals surface area contributed by atoms with Crippen molar-refractivity contribution in [2.45, 2.75) is 0 Å². The summed E-state index contributed by atoms with van der Waals surface area (Å²) >= 11 is 0. The predicted octanol–water partition coefficient (Wildman–Crippen LogP) is -0.223. The molecule has 0 saturated carbocycles. The summed E-state index contributed by atoms with van der Waals surface area (Å²) in [5, 5.41) is 0. The van der Waals surface area contributed by atoms with Crippen molar-refractivity contribution >= 4 is 0 Å². The second-order valence-electron chi connectivity index (χ2n) is 0.289. The Labute approximate surface area is 41.5 Å². The van der Waals surface area contributed by atoms with Crippen molar-refractivity contribution in [2.24, 2.45) is 5.73 Å². The molecule has 2 N–H and O–H groups in total. The Bertz CT molecular complexity index is 6.00. The van der Waals surface area contributed by atoms with Crippen LogP contribution in [0.25, 0.3) is 0 Å². The smallest absolute Gasteiger partial charge is 0 e. The molecular weight excluding hydrogens is 85.9 g/mol. The number of nitrogens with two attached hydrogens (primary N) is 1. The molecule has 0 saturated heterocycles. The van der Waals surface area contributed by atoms with Gasteiger partial charge in [-0.2, -0.15) is 0 Å². The molecule has 0 bridgehead atoms. The first-order valence-electron chi connectivity index (χ1n) is 0.908. The van der Waals surface area contributed by atoms with Crippen molar-refractivity contribution in [3.63, 3.8) is 0 Å². The van der Waals surface area contributed by atoms with Gasteiger partial charge < -0.3 is 5.73 Å². The molecule has 0 rings (SSSR count). The van der Waals surface area contributed by atoms with E-state index >= 15 is 0 Å². The molecule has 0 aliphatic rings. The van der Waals surface area contributed by atoms with E-state index < -0.39 is 0 Å². The first-order valence-corrected chi connectivity index (χ1v) is 0.908. The largest absolute Gasteiger partial charge is 0.330 e. The third kappa shape index (κ3) is 16.5. The molecule has 1 radical (unpaired) electrons. The Morgan fingerprint density at radius 1 is 1.75 bits per heavy atom. The molecule has 0 atom stereocenters. The zero-order valence-electron chi connectivity index (χ0n) is 2.49. The monoisotopic (exact) mass is 92.0 g/mol. The minimum Gasteiger partial charge on any atom is -0.330 e. The molecule has 0 aliphatic carbocycles. The Kier molecular flexibility index (Phi) is 20.7. The fourth-order valence-corrected chi connectivity index (χ4v) is 0. The first kappa shape index (κ1) is 8.82. The van der Waals surface area contributed by atoms with Gasteiger partial charge in [0.15, 0.2) is 0 Å². The number of hydrogen-bond acceptors (Lipinski definition) is 1. The van der Waals surface area contributed by atoms with Crippen molar-refractivity contribution in [2.75, 3.05) is 6.54 Å². The molecule has 0 fully saturated rings. The van der Waals surface area contributed by atoms with Gasteiger partial charge >= 0.3 is 0 Å². The van der Waals surface area contributed by atoms with Crippen molar-refractivity contribution in [1.82, 2.24) is 0 Å². The van der Waals surface area contributed by atoms with Crippen molar-refractivity contribution in [3.05, 3.63) is 6.92 Å². The molecule has 0 aromatic carbocycles. The molecule has 0 aromatic rings. The van der Waals surface area contributed by atoms with Crippen LogP contribution in [0.2, 0.25) is 0 Å². The van der Waals surface area contributed by atoms with Gasteiger partial charge in [-0.3, -0.25) is 0 Å². The molecule has 0 amide bonds. The van der Waals surface area contributed by atoms with Gasteiger partial charge in [-0.25, -0.2) is 0 Å². The van der Waals surface area contributed by atoms with Gasteiger partial charge in [0, 0.05) is 21.7 Å². The van der Waals surface area contributed by atoms with E-state index in [0.717, 1.165) is 0 Å². The molecule has 0 heterocycles. The average molecular weight is 91.9 g/mol. The molecule has 2 heteroatoms. The molecule has 4 heavy (non-hydrogen) atoms. The summed E-state index contributed by atoms with van der Waals surface area (Å²) in [5.74, 6) is 0. The van der Waals surface area contributed by atoms with E-state index in [-0.39, 0.29) is 21.7 Å². The maximum absolute atomic E-state index is 4.74. The van der Waals surface area contributed by atoms with Crippen LogP contribution in [0.5, 0.6) is 0 Å². The van der Waals surface area contributed by atoms with E-state index in [0.29, 0.717) is 6.54 Å². The van der Waals surface area contributed by atoms with Crippen LogP contribution in [0.15, 0.2) is 0 Å². The molecule has 0 aliphatic heterocycles. The molecular formula is C2H6NTi. The molecule has 23 valence electrons. The van der Waals surface area contributed by atoms with Gasteiger partial charge in [0.1, 0.15) is 0 Å². The van der Waals surface area contributed by atoms with Crippen LogP contribution < -0.4 is 5.73 Å². The molecule has 0 aromatic heterocycles. The average Bonchev–Trinajstić information content (AvgIpc) is 0.918. The quantitative estimate of drug-likeness (QED) is 0.410. The second-order valence-corrected chi connectivity index (χ2v) is 0.289. The Morgan fingerprint density at radius 2 is 1.75 bits per heavy atom. The SMILES string of the molecule is [CH2]CN.[Ti]. The molecule has 0 unspecified atom stereocenters. The van der Waals surface area contributed by atoms with Gasteiger partial charge in [0.2, 0.25) is 0 Å². The van der Waals surface area contributed by atoms with Gasteiger partial charge in [-0.15, -0.1) is 0 Å². The number of hydrogen-bond donors (Lipinski definition) is 1. The van der Waals surface area contributed by atoms with Crippen LogP contribution in [-0.2, 0) is 21.7 Å². The minimum atomic E-state index is 0. The predicted molar refractivity (Wildman–Crippen MR) is 14.4 cm³/mol. The first-order chi connectivity index (χ1) is 1.41. The van der Waals surface area contributed by atoms with Crippen LogP contribution in [-0.4, -0.2) is 6.54 Å². The summed E-state index contributed by atoms with van der Waals surface area (Å²) in [6.07, 6.45) is 0. The second kappa shape index (κ2) is 9.37. The Balaban J connectivity index is 0. The van der Waals surface area contributed by atoms with Gasteiger partial charge in [-0.05, 0) is 13.5 Å². The summed E-state index contributed by atoms with van der Waals surface area (Å²) in [6.45, 7) is 3.76. The van der Waals surface area contributed by atoms with E-state index in [2.05, 4.69) is 6.92 Å². The minimum absolute atomic E-state index is 0. The summed E-state index contributed by atoms with van der Waals surface area (Å²) in [4.78, 5) is 0. The third-order valence-corrected chi connectivity index (χ3v) is 0. The maximum Gasteiger partial charge on any atom is 0 e. The Hall–Kier alpha value is 0.674. The van der Waals surface area contributed by atoms with E-state index in [9.17, 15) is 0 Å². The summed E-state index contributed by atoms with van der Waals surface area (Å²) in [7, 11) is 0. The summed E-state index contributed by atoms with van der Waals surface area (Å²) in [5.41, 5.74) is 4.74. The maximum atomic E-state index is 4.74. The van der Waals surface area contributed by atoms with Crippen molar-refractivity contribution in [1.29, 1.82) is 0 Å². The third-order valence-electron chi connectivity index (χ3n) is 0. The van der Waals surface area contributed by atoms with E-state index in [1.807, 2.05) is 0 Å². The van der Waals surface area contributed by atoms with Gasteiger partial charge in [0.25, 0.3) is 0 Å². The normalized spacial score (nSPS) is 4.50. The zero-order valence-corrected chi connectivity index (χ0v) is 4.05. The van der Waals surface area contributed by atoms with Crippen LogP contribution in [0.3, 0.4) is 0 Å². The number of rotatable bonds is 0. The molecule has 0 spiro atoms. The van der Waals surface area contributed by atoms with Gasteiger partial charge in [-0.1, -0.05) is 0 Å². The van der Waals surface area contributed by atoms with E-state index in [1.165, 1.54) is 0 Å². The fourth-order valence-electron chi connectivity index (χ4n) is 0. The van der Waals surface area contributed by atoms with Crippen LogP contribution in [0, 0.1) is 6.92 Å². The van der Waals surface area contributed by atoms with Crippen LogP contribution in [0.1, 0.15) is 0 Å². The van der Waals surface area contributed by atoms with Crippen LogP contribution in [0.4, 0.5) is 0 Å². The van der Waals surface area contributed by atoms with Crippen molar-refractivity contribution < 1.29 is 21.7 Å². The summed E-state index contributed by atoms with van der Waals surface area (Å²) in [6, 6.07) is 0. The van der Waals surface area contributed by atoms with Gasteiger partial charge in [0.05, 0.1) is 0 Å². The zero-order chi connectivity index (χ0) is 2.71. The topological polar surface area (TPSA) is 26.0 Å². The molecule has 1 nitrogen and oxygen atoms in total.